The normalized spacial score (nSPS) is 15.5. The molecule has 1 N–H and O–H groups in total. The monoisotopic (exact) mass is 470 g/mol. The maximum absolute atomic E-state index is 11.8. The average Bonchev–Trinajstić information content (AvgIpc) is 2.75. The predicted molar refractivity (Wildman–Crippen MR) is 123 cm³/mol. The topological polar surface area (TPSA) is 54.7 Å². The van der Waals surface area contributed by atoms with Gasteiger partial charge in [0.1, 0.15) is 11.3 Å². The van der Waals surface area contributed by atoms with Gasteiger partial charge < -0.3 is 14.5 Å². The zero-order valence-electron chi connectivity index (χ0n) is 17.0. The largest absolute Gasteiger partial charge is 0.492 e. The molecule has 1 aliphatic heterocycles. The molecule has 0 saturated carbocycles. The van der Waals surface area contributed by atoms with E-state index >= 15 is 0 Å². The Balaban J connectivity index is 1.18. The molecule has 0 aliphatic carbocycles. The summed E-state index contributed by atoms with van der Waals surface area (Å²) in [4.78, 5) is 14.3. The number of benzene rings is 2. The SMILES string of the molecule is O=c1cc(OCCCNC2CCN(Cc3ccccc3)CC2)c2ccc(Br)cc2o1. The second-order valence-corrected chi connectivity index (χ2v) is 8.68. The third-order valence-electron chi connectivity index (χ3n) is 5.52. The molecule has 1 aromatic heterocycles. The van der Waals surface area contributed by atoms with Crippen molar-refractivity contribution in [1.82, 2.24) is 10.2 Å². The molecule has 1 saturated heterocycles. The fourth-order valence-corrected chi connectivity index (χ4v) is 4.26. The molecule has 1 aliphatic rings. The number of likely N-dealkylation sites (tertiary alicyclic amines) is 1. The van der Waals surface area contributed by atoms with Crippen molar-refractivity contribution in [3.63, 3.8) is 0 Å². The van der Waals surface area contributed by atoms with Gasteiger partial charge in [-0.25, -0.2) is 4.79 Å². The number of fused-ring (bicyclic) bond motifs is 1. The van der Waals surface area contributed by atoms with E-state index in [-0.39, 0.29) is 0 Å². The van der Waals surface area contributed by atoms with Crippen LogP contribution in [0.3, 0.4) is 0 Å². The van der Waals surface area contributed by atoms with E-state index in [1.54, 1.807) is 6.07 Å². The third kappa shape index (κ3) is 5.72. The maximum Gasteiger partial charge on any atom is 0.339 e. The molecule has 1 fully saturated rings. The lowest BCUT2D eigenvalue weighted by Crippen LogP contribution is -2.42. The summed E-state index contributed by atoms with van der Waals surface area (Å²) >= 11 is 3.40. The van der Waals surface area contributed by atoms with E-state index in [1.807, 2.05) is 12.1 Å². The van der Waals surface area contributed by atoms with Crippen LogP contribution in [0, 0.1) is 0 Å². The van der Waals surface area contributed by atoms with E-state index in [2.05, 4.69) is 56.5 Å². The highest BCUT2D eigenvalue weighted by Gasteiger charge is 2.18. The summed E-state index contributed by atoms with van der Waals surface area (Å²) in [5.41, 5.74) is 1.53. The Morgan fingerprint density at radius 3 is 2.70 bits per heavy atom. The van der Waals surface area contributed by atoms with Crippen molar-refractivity contribution in [2.75, 3.05) is 26.2 Å². The number of ether oxygens (including phenoxy) is 1. The fraction of sp³-hybridized carbons (Fsp3) is 0.375. The first-order chi connectivity index (χ1) is 14.7. The molecule has 4 rings (SSSR count). The molecule has 0 bridgehead atoms. The van der Waals surface area contributed by atoms with Crippen LogP contribution >= 0.6 is 15.9 Å². The van der Waals surface area contributed by atoms with Crippen LogP contribution in [0.2, 0.25) is 0 Å². The molecule has 2 aromatic carbocycles. The van der Waals surface area contributed by atoms with Crippen LogP contribution < -0.4 is 15.7 Å². The predicted octanol–water partition coefficient (Wildman–Crippen LogP) is 4.58. The van der Waals surface area contributed by atoms with Crippen LogP contribution in [-0.2, 0) is 6.54 Å². The van der Waals surface area contributed by atoms with Crippen LogP contribution in [0.25, 0.3) is 11.0 Å². The zero-order valence-corrected chi connectivity index (χ0v) is 18.6. The number of nitrogens with one attached hydrogen (secondary N) is 1. The van der Waals surface area contributed by atoms with Crippen LogP contribution in [0.1, 0.15) is 24.8 Å². The third-order valence-corrected chi connectivity index (χ3v) is 6.01. The van der Waals surface area contributed by atoms with Gasteiger partial charge in [0.25, 0.3) is 0 Å². The van der Waals surface area contributed by atoms with Crippen molar-refractivity contribution < 1.29 is 9.15 Å². The molecule has 30 heavy (non-hydrogen) atoms. The summed E-state index contributed by atoms with van der Waals surface area (Å²) in [5.74, 6) is 0.586. The summed E-state index contributed by atoms with van der Waals surface area (Å²) in [6.07, 6.45) is 3.24. The lowest BCUT2D eigenvalue weighted by Gasteiger charge is -2.32. The lowest BCUT2D eigenvalue weighted by atomic mass is 10.0. The Bertz CT molecular complexity index is 1010. The molecule has 0 radical (unpaired) electrons. The molecular weight excluding hydrogens is 444 g/mol. The first-order valence-corrected chi connectivity index (χ1v) is 11.3. The number of halogens is 1. The minimum absolute atomic E-state index is 0.393. The molecule has 0 atom stereocenters. The maximum atomic E-state index is 11.8. The number of rotatable bonds is 8. The smallest absolute Gasteiger partial charge is 0.339 e. The molecule has 0 unspecified atom stereocenters. The molecule has 6 heteroatoms. The Hall–Kier alpha value is -2.15. The van der Waals surface area contributed by atoms with Crippen LogP contribution in [0.5, 0.6) is 5.75 Å². The van der Waals surface area contributed by atoms with Gasteiger partial charge in [0.2, 0.25) is 0 Å². The quantitative estimate of drug-likeness (QED) is 0.385. The van der Waals surface area contributed by atoms with Crippen molar-refractivity contribution in [3.05, 3.63) is 75.1 Å². The summed E-state index contributed by atoms with van der Waals surface area (Å²) < 4.78 is 12.0. The lowest BCUT2D eigenvalue weighted by molar-refractivity contribution is 0.189. The van der Waals surface area contributed by atoms with Crippen LogP contribution in [-0.4, -0.2) is 37.2 Å². The average molecular weight is 471 g/mol. The Morgan fingerprint density at radius 2 is 1.90 bits per heavy atom. The Labute approximate surface area is 185 Å². The highest BCUT2D eigenvalue weighted by molar-refractivity contribution is 9.10. The number of nitrogens with zero attached hydrogens (tertiary/aromatic N) is 1. The van der Waals surface area contributed by atoms with Gasteiger partial charge in [0.15, 0.2) is 0 Å². The van der Waals surface area contributed by atoms with Gasteiger partial charge in [-0.05, 0) is 62.7 Å². The second-order valence-electron chi connectivity index (χ2n) is 7.76. The van der Waals surface area contributed by atoms with E-state index in [1.165, 1.54) is 24.5 Å². The first-order valence-electron chi connectivity index (χ1n) is 10.5. The van der Waals surface area contributed by atoms with Crippen molar-refractivity contribution in [2.24, 2.45) is 0 Å². The van der Waals surface area contributed by atoms with E-state index in [9.17, 15) is 4.79 Å². The minimum Gasteiger partial charge on any atom is -0.492 e. The van der Waals surface area contributed by atoms with Gasteiger partial charge in [-0.15, -0.1) is 0 Å². The van der Waals surface area contributed by atoms with Crippen molar-refractivity contribution in [1.29, 1.82) is 0 Å². The summed E-state index contributed by atoms with van der Waals surface area (Å²) in [6.45, 7) is 4.77. The summed E-state index contributed by atoms with van der Waals surface area (Å²) in [7, 11) is 0. The molecule has 0 spiro atoms. The molecule has 158 valence electrons. The van der Waals surface area contributed by atoms with E-state index in [0.29, 0.717) is 24.0 Å². The minimum atomic E-state index is -0.393. The van der Waals surface area contributed by atoms with Gasteiger partial charge in [-0.1, -0.05) is 46.3 Å². The van der Waals surface area contributed by atoms with Gasteiger partial charge >= 0.3 is 5.63 Å². The highest BCUT2D eigenvalue weighted by atomic mass is 79.9. The molecule has 3 aromatic rings. The van der Waals surface area contributed by atoms with Gasteiger partial charge in [0, 0.05) is 17.1 Å². The molecular formula is C24H27BrN2O3. The zero-order chi connectivity index (χ0) is 20.8. The molecule has 0 amide bonds. The van der Waals surface area contributed by atoms with Crippen LogP contribution in [0.15, 0.2) is 68.3 Å². The van der Waals surface area contributed by atoms with Crippen molar-refractivity contribution in [2.45, 2.75) is 31.8 Å². The van der Waals surface area contributed by atoms with E-state index < -0.39 is 5.63 Å². The number of hydrogen-bond acceptors (Lipinski definition) is 5. The standard InChI is InChI=1S/C24H27BrN2O3/c25-19-7-8-21-22(16-24(28)30-23(21)15-19)29-14-4-11-26-20-9-12-27(13-10-20)17-18-5-2-1-3-6-18/h1-3,5-8,15-16,20,26H,4,9-14,17H2. The van der Waals surface area contributed by atoms with Crippen molar-refractivity contribution >= 4 is 26.9 Å². The molecule has 2 heterocycles. The fourth-order valence-electron chi connectivity index (χ4n) is 3.92. The highest BCUT2D eigenvalue weighted by Crippen LogP contribution is 2.26. The second kappa shape index (κ2) is 10.2. The summed E-state index contributed by atoms with van der Waals surface area (Å²) in [5, 5.41) is 4.47. The first kappa shape index (κ1) is 21.1. The van der Waals surface area contributed by atoms with Crippen LogP contribution in [0.4, 0.5) is 0 Å². The van der Waals surface area contributed by atoms with E-state index in [4.69, 9.17) is 9.15 Å². The number of hydrogen-bond donors (Lipinski definition) is 1. The molecule has 5 nitrogen and oxygen atoms in total. The number of piperidine rings is 1. The van der Waals surface area contributed by atoms with Gasteiger partial charge in [0.05, 0.1) is 18.1 Å². The van der Waals surface area contributed by atoms with Gasteiger partial charge in [-0.3, -0.25) is 4.90 Å². The van der Waals surface area contributed by atoms with Crippen molar-refractivity contribution in [3.8, 4) is 5.75 Å². The van der Waals surface area contributed by atoms with E-state index in [0.717, 1.165) is 42.5 Å². The Kier molecular flexibility index (Phi) is 7.20. The Morgan fingerprint density at radius 1 is 1.10 bits per heavy atom. The van der Waals surface area contributed by atoms with Gasteiger partial charge in [-0.2, -0.15) is 0 Å². The summed E-state index contributed by atoms with van der Waals surface area (Å²) in [6, 6.07) is 18.3.